The number of carbonyl (C=O) groups excluding carboxylic acids is 1. The van der Waals surface area contributed by atoms with Gasteiger partial charge in [-0.3, -0.25) is 4.79 Å². The van der Waals surface area contributed by atoms with E-state index in [1.807, 2.05) is 0 Å². The number of hydrogen-bond acceptors (Lipinski definition) is 15. The monoisotopic (exact) mass is 524 g/mol. The van der Waals surface area contributed by atoms with Crippen molar-refractivity contribution >= 4 is 5.91 Å². The Labute approximate surface area is 207 Å². The van der Waals surface area contributed by atoms with Crippen molar-refractivity contribution in [2.75, 3.05) is 13.1 Å². The van der Waals surface area contributed by atoms with Gasteiger partial charge in [0.05, 0.1) is 18.2 Å². The summed E-state index contributed by atoms with van der Waals surface area (Å²) in [6, 6.07) is -3.95. The number of aliphatic hydroxyl groups excluding tert-OH is 5. The van der Waals surface area contributed by atoms with E-state index >= 15 is 0 Å². The third kappa shape index (κ3) is 6.13. The third-order valence-corrected chi connectivity index (χ3v) is 6.93. The number of nitrogens with two attached hydrogens (primary N) is 5. The van der Waals surface area contributed by atoms with Crippen LogP contribution in [0.1, 0.15) is 13.3 Å². The first-order chi connectivity index (χ1) is 16.9. The van der Waals surface area contributed by atoms with E-state index in [0.29, 0.717) is 0 Å². The molecule has 2 aliphatic heterocycles. The van der Waals surface area contributed by atoms with Crippen LogP contribution in [-0.4, -0.2) is 136 Å². The highest BCUT2D eigenvalue weighted by Gasteiger charge is 2.51. The zero-order valence-electron chi connectivity index (χ0n) is 19.9. The summed E-state index contributed by atoms with van der Waals surface area (Å²) in [7, 11) is 0. The van der Waals surface area contributed by atoms with Gasteiger partial charge in [-0.25, -0.2) is 0 Å². The highest BCUT2D eigenvalue weighted by Crippen LogP contribution is 2.30. The Kier molecular flexibility index (Phi) is 9.97. The summed E-state index contributed by atoms with van der Waals surface area (Å²) in [6.07, 6.45) is -13.8. The maximum atomic E-state index is 11.3. The molecule has 36 heavy (non-hydrogen) atoms. The lowest BCUT2D eigenvalue weighted by Gasteiger charge is -2.48. The molecule has 1 saturated carbocycles. The third-order valence-electron chi connectivity index (χ3n) is 6.93. The molecule has 2 heterocycles. The summed E-state index contributed by atoms with van der Waals surface area (Å²) < 4.78 is 22.9. The first kappa shape index (κ1) is 29.5. The molecule has 0 aromatic rings. The maximum absolute atomic E-state index is 11.3. The van der Waals surface area contributed by atoms with E-state index in [4.69, 9.17) is 47.6 Å². The standard InChI is InChI=1S/C20H40N6O10/c1-5(27)26-4-9-12(28)10(24)15(31)20(34-9)36-18-7(23)2-6(22)17(16(18)32)35-19-11(25)14(30)13(29)8(3-21)33-19/h6-20,28-32H,2-4,21-25H2,1H3,(H,26,27)/t6-,7+,8+,9+,10-,11+,12+,13+,14+,15+,16-,17+,18-,19+,20+/m0/s1. The quantitative estimate of drug-likeness (QED) is 0.147. The van der Waals surface area contributed by atoms with Gasteiger partial charge in [0.15, 0.2) is 12.6 Å². The lowest BCUT2D eigenvalue weighted by Crippen LogP contribution is -2.69. The highest BCUT2D eigenvalue weighted by molar-refractivity contribution is 5.72. The van der Waals surface area contributed by atoms with E-state index in [9.17, 15) is 30.3 Å². The van der Waals surface area contributed by atoms with Crippen LogP contribution in [0.4, 0.5) is 0 Å². The molecule has 3 rings (SSSR count). The van der Waals surface area contributed by atoms with E-state index in [2.05, 4.69) is 5.32 Å². The Morgan fingerprint density at radius 3 is 1.92 bits per heavy atom. The summed E-state index contributed by atoms with van der Waals surface area (Å²) >= 11 is 0. The second-order valence-electron chi connectivity index (χ2n) is 9.63. The fourth-order valence-electron chi connectivity index (χ4n) is 4.71. The largest absolute Gasteiger partial charge is 0.389 e. The highest BCUT2D eigenvalue weighted by atomic mass is 16.7. The average molecular weight is 525 g/mol. The molecule has 3 fully saturated rings. The second-order valence-corrected chi connectivity index (χ2v) is 9.63. The number of hydrogen-bond donors (Lipinski definition) is 11. The average Bonchev–Trinajstić information content (AvgIpc) is 2.83. The molecular formula is C20H40N6O10. The molecule has 16 heteroatoms. The Balaban J connectivity index is 1.72. The summed E-state index contributed by atoms with van der Waals surface area (Å²) in [5, 5.41) is 54.7. The molecule has 16 N–H and O–H groups in total. The molecule has 1 aliphatic carbocycles. The van der Waals surface area contributed by atoms with E-state index in [1.165, 1.54) is 6.92 Å². The molecular weight excluding hydrogens is 484 g/mol. The molecule has 2 saturated heterocycles. The van der Waals surface area contributed by atoms with Crippen LogP contribution in [0.3, 0.4) is 0 Å². The van der Waals surface area contributed by atoms with Crippen molar-refractivity contribution in [3.05, 3.63) is 0 Å². The topological polar surface area (TPSA) is 297 Å². The Morgan fingerprint density at radius 2 is 1.36 bits per heavy atom. The van der Waals surface area contributed by atoms with Gasteiger partial charge < -0.3 is 78.5 Å². The van der Waals surface area contributed by atoms with Gasteiger partial charge in [0.25, 0.3) is 0 Å². The van der Waals surface area contributed by atoms with Crippen molar-refractivity contribution in [3.63, 3.8) is 0 Å². The predicted octanol–water partition coefficient (Wildman–Crippen LogP) is -7.18. The van der Waals surface area contributed by atoms with Crippen molar-refractivity contribution in [1.82, 2.24) is 5.32 Å². The van der Waals surface area contributed by atoms with E-state index < -0.39 is 91.7 Å². The van der Waals surface area contributed by atoms with Gasteiger partial charge in [0, 0.05) is 32.1 Å². The summed E-state index contributed by atoms with van der Waals surface area (Å²) in [5.41, 5.74) is 29.8. The van der Waals surface area contributed by atoms with Gasteiger partial charge in [-0.05, 0) is 6.42 Å². The molecule has 0 spiro atoms. The molecule has 0 bridgehead atoms. The van der Waals surface area contributed by atoms with Crippen molar-refractivity contribution in [2.24, 2.45) is 28.7 Å². The van der Waals surface area contributed by atoms with E-state index in [0.717, 1.165) is 0 Å². The van der Waals surface area contributed by atoms with Gasteiger partial charge in [-0.15, -0.1) is 0 Å². The zero-order chi connectivity index (χ0) is 26.9. The summed E-state index contributed by atoms with van der Waals surface area (Å²) in [5.74, 6) is -0.362. The molecule has 3 aliphatic rings. The van der Waals surface area contributed by atoms with Crippen molar-refractivity contribution in [1.29, 1.82) is 0 Å². The van der Waals surface area contributed by atoms with Crippen LogP contribution < -0.4 is 34.0 Å². The first-order valence-corrected chi connectivity index (χ1v) is 11.9. The number of amides is 1. The molecule has 0 aromatic carbocycles. The lowest BCUT2D eigenvalue weighted by atomic mass is 9.84. The van der Waals surface area contributed by atoms with Gasteiger partial charge in [-0.2, -0.15) is 0 Å². The minimum absolute atomic E-state index is 0.0972. The van der Waals surface area contributed by atoms with Crippen LogP contribution in [0.25, 0.3) is 0 Å². The van der Waals surface area contributed by atoms with Crippen molar-refractivity contribution in [2.45, 2.75) is 105 Å². The lowest BCUT2D eigenvalue weighted by molar-refractivity contribution is -0.316. The van der Waals surface area contributed by atoms with Crippen LogP contribution in [0.2, 0.25) is 0 Å². The predicted molar refractivity (Wildman–Crippen MR) is 121 cm³/mol. The fraction of sp³-hybridized carbons (Fsp3) is 0.950. The van der Waals surface area contributed by atoms with E-state index in [1.54, 1.807) is 0 Å². The zero-order valence-corrected chi connectivity index (χ0v) is 19.9. The van der Waals surface area contributed by atoms with Gasteiger partial charge in [0.1, 0.15) is 48.8 Å². The number of aliphatic hydroxyl groups is 5. The second kappa shape index (κ2) is 12.2. The summed E-state index contributed by atoms with van der Waals surface area (Å²) in [6.45, 7) is 1.07. The minimum atomic E-state index is -1.49. The first-order valence-electron chi connectivity index (χ1n) is 11.9. The Hall–Kier alpha value is -1.09. The summed E-state index contributed by atoms with van der Waals surface area (Å²) in [4.78, 5) is 11.3. The number of carbonyl (C=O) groups is 1. The van der Waals surface area contributed by atoms with Crippen LogP contribution in [0.5, 0.6) is 0 Å². The van der Waals surface area contributed by atoms with Crippen LogP contribution in [0.15, 0.2) is 0 Å². The molecule has 0 aromatic heterocycles. The number of rotatable bonds is 7. The smallest absolute Gasteiger partial charge is 0.216 e. The van der Waals surface area contributed by atoms with Crippen molar-refractivity contribution in [3.8, 4) is 0 Å². The molecule has 1 amide bonds. The van der Waals surface area contributed by atoms with Crippen LogP contribution >= 0.6 is 0 Å². The Bertz CT molecular complexity index is 739. The van der Waals surface area contributed by atoms with Gasteiger partial charge in [-0.1, -0.05) is 0 Å². The van der Waals surface area contributed by atoms with Crippen molar-refractivity contribution < 1.29 is 49.3 Å². The molecule has 16 nitrogen and oxygen atoms in total. The molecule has 0 unspecified atom stereocenters. The van der Waals surface area contributed by atoms with Gasteiger partial charge in [0.2, 0.25) is 5.91 Å². The molecule has 0 radical (unpaired) electrons. The molecule has 210 valence electrons. The number of ether oxygens (including phenoxy) is 4. The van der Waals surface area contributed by atoms with Crippen LogP contribution in [0, 0.1) is 0 Å². The van der Waals surface area contributed by atoms with Gasteiger partial charge >= 0.3 is 0 Å². The minimum Gasteiger partial charge on any atom is -0.389 e. The fourth-order valence-corrected chi connectivity index (χ4v) is 4.71. The Morgan fingerprint density at radius 1 is 0.806 bits per heavy atom. The van der Waals surface area contributed by atoms with Crippen LogP contribution in [-0.2, 0) is 23.7 Å². The normalized spacial score (nSPS) is 50.0. The molecule has 15 atom stereocenters. The maximum Gasteiger partial charge on any atom is 0.216 e. The SMILES string of the molecule is CC(=O)NC[C@H]1O[C@H](O[C@@H]2[C@@H](O)[C@H](O[C@H]3O[C@H](CN)[C@@H](O)[C@H](O)[C@H]3N)[C@@H](N)C[C@H]2N)[C@H](O)[C@@H](N)[C@@H]1O. The number of nitrogens with one attached hydrogen (secondary N) is 1. The van der Waals surface area contributed by atoms with E-state index in [-0.39, 0.29) is 25.4 Å².